The predicted octanol–water partition coefficient (Wildman–Crippen LogP) is 2.42. The number of fused-ring (bicyclic) bond motifs is 1. The van der Waals surface area contributed by atoms with Gasteiger partial charge in [-0.15, -0.1) is 0 Å². The monoisotopic (exact) mass is 401 g/mol. The summed E-state index contributed by atoms with van der Waals surface area (Å²) in [6.07, 6.45) is -4.45. The molecule has 0 saturated carbocycles. The third kappa shape index (κ3) is 5.02. The highest BCUT2D eigenvalue weighted by molar-refractivity contribution is 5.99. The molecule has 0 aliphatic carbocycles. The normalized spacial score (nSPS) is 20.4. The minimum Gasteiger partial charge on any atom is -0.483 e. The van der Waals surface area contributed by atoms with Gasteiger partial charge >= 0.3 is 6.18 Å². The van der Waals surface area contributed by atoms with Crippen LogP contribution >= 0.6 is 0 Å². The molecule has 1 fully saturated rings. The van der Waals surface area contributed by atoms with Gasteiger partial charge in [0.25, 0.3) is 12.4 Å². The number of halogens is 3. The summed E-state index contributed by atoms with van der Waals surface area (Å²) in [5, 5.41) is 9.39. The predicted molar refractivity (Wildman–Crippen MR) is 97.8 cm³/mol. The zero-order valence-corrected chi connectivity index (χ0v) is 16.2. The number of likely N-dealkylation sites (N-methyl/N-ethyl adjacent to an activating group) is 1. The van der Waals surface area contributed by atoms with E-state index >= 15 is 0 Å². The lowest BCUT2D eigenvalue weighted by Crippen LogP contribution is -2.53. The summed E-state index contributed by atoms with van der Waals surface area (Å²) >= 11 is 0. The molecule has 1 atom stereocenters. The van der Waals surface area contributed by atoms with Crippen molar-refractivity contribution in [3.05, 3.63) is 34.4 Å². The number of carbonyl (C=O) groups excluding carboxylic acids is 1. The van der Waals surface area contributed by atoms with Crippen molar-refractivity contribution in [3.8, 4) is 0 Å². The molecule has 1 amide bonds. The Morgan fingerprint density at radius 2 is 1.96 bits per heavy atom. The highest BCUT2D eigenvalue weighted by Gasteiger charge is 2.38. The van der Waals surface area contributed by atoms with E-state index in [9.17, 15) is 18.0 Å². The third-order valence-electron chi connectivity index (χ3n) is 5.18. The fourth-order valence-corrected chi connectivity index (χ4v) is 3.79. The molecule has 1 aromatic carbocycles. The average Bonchev–Trinajstić information content (AvgIpc) is 2.97. The number of rotatable bonds is 3. The number of benzene rings is 1. The standard InChI is InChI=1S/C18H24F3N3O.CH2O2/c1-11(2)16-10-23(3)4-5-24(16)9-12-6-13-14(8-22-17(13)25)15(7-12)18(19,20)21;2-1-3/h6-7,11,16H,4-5,8-10H2,1-3H3,(H,22,25);1H,(H,2,3). The first-order valence-electron chi connectivity index (χ1n) is 9.10. The van der Waals surface area contributed by atoms with Crippen molar-refractivity contribution in [1.29, 1.82) is 0 Å². The van der Waals surface area contributed by atoms with E-state index in [0.717, 1.165) is 19.6 Å². The number of piperazine rings is 1. The molecule has 0 spiro atoms. The van der Waals surface area contributed by atoms with Crippen molar-refractivity contribution in [2.75, 3.05) is 26.7 Å². The van der Waals surface area contributed by atoms with Gasteiger partial charge in [-0.1, -0.05) is 13.8 Å². The molecule has 2 aliphatic heterocycles. The van der Waals surface area contributed by atoms with Crippen LogP contribution in [0.5, 0.6) is 0 Å². The van der Waals surface area contributed by atoms with E-state index in [0.29, 0.717) is 18.0 Å². The van der Waals surface area contributed by atoms with Gasteiger partial charge in [-0.2, -0.15) is 13.2 Å². The quantitative estimate of drug-likeness (QED) is 0.761. The second-order valence-electron chi connectivity index (χ2n) is 7.50. The van der Waals surface area contributed by atoms with Gasteiger partial charge in [-0.3, -0.25) is 14.5 Å². The molecule has 6 nitrogen and oxygen atoms in total. The van der Waals surface area contributed by atoms with E-state index in [1.54, 1.807) is 6.07 Å². The maximum atomic E-state index is 13.4. The van der Waals surface area contributed by atoms with Crippen LogP contribution in [0.1, 0.15) is 40.9 Å². The molecule has 0 aromatic heterocycles. The van der Waals surface area contributed by atoms with E-state index < -0.39 is 17.6 Å². The van der Waals surface area contributed by atoms with E-state index in [4.69, 9.17) is 9.90 Å². The third-order valence-corrected chi connectivity index (χ3v) is 5.18. The molecule has 2 N–H and O–H groups in total. The number of amides is 1. The second-order valence-corrected chi connectivity index (χ2v) is 7.50. The molecule has 0 radical (unpaired) electrons. The lowest BCUT2D eigenvalue weighted by molar-refractivity contribution is -0.138. The van der Waals surface area contributed by atoms with Crippen LogP contribution in [0.15, 0.2) is 12.1 Å². The van der Waals surface area contributed by atoms with Gasteiger partial charge in [0.05, 0.1) is 5.56 Å². The van der Waals surface area contributed by atoms with Crippen molar-refractivity contribution < 1.29 is 27.9 Å². The first-order valence-corrected chi connectivity index (χ1v) is 9.10. The largest absolute Gasteiger partial charge is 0.483 e. The van der Waals surface area contributed by atoms with Crippen molar-refractivity contribution in [1.82, 2.24) is 15.1 Å². The Hall–Kier alpha value is -2.13. The van der Waals surface area contributed by atoms with Crippen molar-refractivity contribution in [3.63, 3.8) is 0 Å². The van der Waals surface area contributed by atoms with Gasteiger partial charge in [0.1, 0.15) is 0 Å². The molecule has 0 bridgehead atoms. The van der Waals surface area contributed by atoms with Crippen molar-refractivity contribution in [2.24, 2.45) is 5.92 Å². The van der Waals surface area contributed by atoms with Crippen LogP contribution in [0.3, 0.4) is 0 Å². The minimum absolute atomic E-state index is 0.0492. The number of nitrogens with zero attached hydrogens (tertiary/aromatic N) is 2. The van der Waals surface area contributed by atoms with E-state index in [1.165, 1.54) is 6.07 Å². The summed E-state index contributed by atoms with van der Waals surface area (Å²) in [5.41, 5.74) is 0.104. The van der Waals surface area contributed by atoms with Crippen LogP contribution in [0.2, 0.25) is 0 Å². The first-order chi connectivity index (χ1) is 13.1. The van der Waals surface area contributed by atoms with Gasteiger partial charge in [-0.25, -0.2) is 0 Å². The van der Waals surface area contributed by atoms with E-state index in [-0.39, 0.29) is 30.2 Å². The maximum Gasteiger partial charge on any atom is 0.416 e. The molecule has 28 heavy (non-hydrogen) atoms. The molecule has 1 unspecified atom stereocenters. The van der Waals surface area contributed by atoms with Crippen LogP contribution in [0.25, 0.3) is 0 Å². The fourth-order valence-electron chi connectivity index (χ4n) is 3.79. The number of hydrogen-bond acceptors (Lipinski definition) is 4. The molecular formula is C19H26F3N3O3. The van der Waals surface area contributed by atoms with Gasteiger partial charge in [0.2, 0.25) is 0 Å². The zero-order valence-electron chi connectivity index (χ0n) is 16.2. The molecule has 2 aliphatic rings. The molecule has 3 rings (SSSR count). The zero-order chi connectivity index (χ0) is 21.1. The van der Waals surface area contributed by atoms with E-state index in [2.05, 4.69) is 36.0 Å². The lowest BCUT2D eigenvalue weighted by atomic mass is 9.96. The summed E-state index contributed by atoms with van der Waals surface area (Å²) in [7, 11) is 2.06. The van der Waals surface area contributed by atoms with Crippen LogP contribution in [0.4, 0.5) is 13.2 Å². The Bertz CT molecular complexity index is 722. The summed E-state index contributed by atoms with van der Waals surface area (Å²) in [6, 6.07) is 3.13. The smallest absolute Gasteiger partial charge is 0.416 e. The Morgan fingerprint density at radius 1 is 1.32 bits per heavy atom. The Balaban J connectivity index is 0.000000878. The first kappa shape index (κ1) is 22.2. The number of nitrogens with one attached hydrogen (secondary N) is 1. The Morgan fingerprint density at radius 3 is 2.54 bits per heavy atom. The van der Waals surface area contributed by atoms with Gasteiger partial charge < -0.3 is 15.3 Å². The number of carbonyl (C=O) groups is 2. The average molecular weight is 401 g/mol. The number of alkyl halides is 3. The SMILES string of the molecule is CC(C)C1CN(C)CCN1Cc1cc2c(c(C(F)(F)F)c1)CNC2=O.O=CO. The number of carboxylic acid groups (broad SMARTS) is 1. The highest BCUT2D eigenvalue weighted by atomic mass is 19.4. The molecular weight excluding hydrogens is 375 g/mol. The summed E-state index contributed by atoms with van der Waals surface area (Å²) in [4.78, 5) is 24.8. The van der Waals surface area contributed by atoms with Crippen molar-refractivity contribution in [2.45, 2.75) is 39.2 Å². The van der Waals surface area contributed by atoms with Crippen LogP contribution in [-0.4, -0.2) is 60.0 Å². The summed E-state index contributed by atoms with van der Waals surface area (Å²) in [5.74, 6) is -0.0105. The molecule has 156 valence electrons. The lowest BCUT2D eigenvalue weighted by Gasteiger charge is -2.42. The molecule has 9 heteroatoms. The van der Waals surface area contributed by atoms with Gasteiger partial charge in [0.15, 0.2) is 0 Å². The molecule has 2 heterocycles. The molecule has 1 saturated heterocycles. The number of hydrogen-bond donors (Lipinski definition) is 2. The van der Waals surface area contributed by atoms with Crippen LogP contribution < -0.4 is 5.32 Å². The minimum atomic E-state index is -4.45. The van der Waals surface area contributed by atoms with Crippen LogP contribution in [0, 0.1) is 5.92 Å². The Kier molecular flexibility index (Phi) is 7.06. The van der Waals surface area contributed by atoms with Gasteiger partial charge in [0, 0.05) is 44.3 Å². The Labute approximate surface area is 162 Å². The maximum absolute atomic E-state index is 13.4. The van der Waals surface area contributed by atoms with Gasteiger partial charge in [-0.05, 0) is 36.2 Å². The fraction of sp³-hybridized carbons (Fsp3) is 0.579. The van der Waals surface area contributed by atoms with E-state index in [1.807, 2.05) is 0 Å². The topological polar surface area (TPSA) is 72.9 Å². The summed E-state index contributed by atoms with van der Waals surface area (Å²) < 4.78 is 40.3. The highest BCUT2D eigenvalue weighted by Crippen LogP contribution is 2.36. The van der Waals surface area contributed by atoms with Crippen molar-refractivity contribution >= 4 is 12.4 Å². The van der Waals surface area contributed by atoms with Crippen LogP contribution in [-0.2, 0) is 24.1 Å². The summed E-state index contributed by atoms with van der Waals surface area (Å²) in [6.45, 7) is 6.99. The molecule has 1 aromatic rings. The second kappa shape index (κ2) is 8.91.